The molecule has 0 aliphatic carbocycles. The van der Waals surface area contributed by atoms with Gasteiger partial charge in [0.05, 0.1) is 23.0 Å². The first-order chi connectivity index (χ1) is 11.0. The Bertz CT molecular complexity index is 743. The zero-order valence-electron chi connectivity index (χ0n) is 12.0. The Morgan fingerprint density at radius 3 is 2.78 bits per heavy atom. The number of hydrogen-bond donors (Lipinski definition) is 3. The van der Waals surface area contributed by atoms with Crippen molar-refractivity contribution in [2.24, 2.45) is 5.84 Å². The molecule has 0 aliphatic heterocycles. The molecule has 0 radical (unpaired) electrons. The van der Waals surface area contributed by atoms with Crippen LogP contribution >= 0.6 is 39.1 Å². The first kappa shape index (κ1) is 17.8. The number of aromatic nitrogens is 1. The highest BCUT2D eigenvalue weighted by atomic mass is 79.9. The molecule has 6 nitrogen and oxygen atoms in total. The molecule has 2 rings (SSSR count). The van der Waals surface area contributed by atoms with Crippen molar-refractivity contribution in [2.75, 3.05) is 17.3 Å². The van der Waals surface area contributed by atoms with Gasteiger partial charge in [0.15, 0.2) is 5.82 Å². The number of esters is 1. The van der Waals surface area contributed by atoms with E-state index in [0.29, 0.717) is 16.4 Å². The van der Waals surface area contributed by atoms with Gasteiger partial charge in [-0.05, 0) is 25.1 Å². The van der Waals surface area contributed by atoms with Crippen LogP contribution < -0.4 is 16.6 Å². The first-order valence-corrected chi connectivity index (χ1v) is 8.07. The number of carbonyl (C=O) groups excluding carboxylic acids is 1. The van der Waals surface area contributed by atoms with Crippen LogP contribution in [0.3, 0.4) is 0 Å². The van der Waals surface area contributed by atoms with Crippen LogP contribution in [0.15, 0.2) is 28.9 Å². The van der Waals surface area contributed by atoms with Crippen LogP contribution in [0.4, 0.5) is 17.2 Å². The summed E-state index contributed by atoms with van der Waals surface area (Å²) in [5.41, 5.74) is 3.41. The number of nitrogens with two attached hydrogens (primary N) is 1. The Balaban J connectivity index is 2.51. The number of carbonyl (C=O) groups is 1. The van der Waals surface area contributed by atoms with Gasteiger partial charge < -0.3 is 15.5 Å². The quantitative estimate of drug-likeness (QED) is 0.379. The van der Waals surface area contributed by atoms with Gasteiger partial charge in [0.2, 0.25) is 0 Å². The van der Waals surface area contributed by atoms with E-state index in [2.05, 4.69) is 31.7 Å². The summed E-state index contributed by atoms with van der Waals surface area (Å²) in [6, 6.07) is 5.26. The lowest BCUT2D eigenvalue weighted by atomic mass is 10.2. The molecule has 0 saturated carbocycles. The predicted octanol–water partition coefficient (Wildman–Crippen LogP) is 4.36. The Kier molecular flexibility index (Phi) is 6.06. The van der Waals surface area contributed by atoms with Gasteiger partial charge in [0.25, 0.3) is 0 Å². The second kappa shape index (κ2) is 7.83. The Morgan fingerprint density at radius 1 is 1.43 bits per heavy atom. The number of anilines is 3. The number of hydrazine groups is 1. The normalized spacial score (nSPS) is 10.3. The average molecular weight is 420 g/mol. The highest BCUT2D eigenvalue weighted by molar-refractivity contribution is 9.10. The summed E-state index contributed by atoms with van der Waals surface area (Å²) in [7, 11) is 0. The van der Waals surface area contributed by atoms with Gasteiger partial charge in [-0.3, -0.25) is 0 Å². The summed E-state index contributed by atoms with van der Waals surface area (Å²) >= 11 is 15.8. The van der Waals surface area contributed by atoms with E-state index in [0.717, 1.165) is 4.47 Å². The van der Waals surface area contributed by atoms with Gasteiger partial charge in [0.1, 0.15) is 10.6 Å². The van der Waals surface area contributed by atoms with Crippen LogP contribution in [-0.2, 0) is 4.74 Å². The van der Waals surface area contributed by atoms with Gasteiger partial charge in [-0.1, -0.05) is 39.1 Å². The van der Waals surface area contributed by atoms with Crippen molar-refractivity contribution < 1.29 is 9.53 Å². The van der Waals surface area contributed by atoms with E-state index in [1.54, 1.807) is 25.1 Å². The zero-order valence-corrected chi connectivity index (χ0v) is 15.1. The van der Waals surface area contributed by atoms with Crippen molar-refractivity contribution >= 4 is 62.3 Å². The fourth-order valence-corrected chi connectivity index (χ4v) is 2.77. The number of pyridine rings is 1. The molecule has 23 heavy (non-hydrogen) atoms. The van der Waals surface area contributed by atoms with Gasteiger partial charge in [-0.2, -0.15) is 0 Å². The van der Waals surface area contributed by atoms with Crippen LogP contribution in [0.1, 0.15) is 17.3 Å². The summed E-state index contributed by atoms with van der Waals surface area (Å²) < 4.78 is 5.84. The van der Waals surface area contributed by atoms with E-state index in [1.807, 2.05) is 0 Å². The molecule has 0 amide bonds. The smallest absolute Gasteiger partial charge is 0.341 e. The topological polar surface area (TPSA) is 89.3 Å². The van der Waals surface area contributed by atoms with E-state index in [1.165, 1.54) is 6.20 Å². The van der Waals surface area contributed by atoms with E-state index >= 15 is 0 Å². The average Bonchev–Trinajstić information content (AvgIpc) is 2.51. The maximum atomic E-state index is 12.1. The largest absolute Gasteiger partial charge is 0.462 e. The summed E-state index contributed by atoms with van der Waals surface area (Å²) in [6.07, 6.45) is 1.33. The number of hydrogen-bond acceptors (Lipinski definition) is 6. The van der Waals surface area contributed by atoms with Gasteiger partial charge in [-0.25, -0.2) is 15.6 Å². The third-order valence-electron chi connectivity index (χ3n) is 2.84. The molecule has 0 aliphatic rings. The molecule has 0 saturated heterocycles. The Morgan fingerprint density at radius 2 is 2.17 bits per heavy atom. The molecular weight excluding hydrogens is 407 g/mol. The third-order valence-corrected chi connectivity index (χ3v) is 4.02. The maximum absolute atomic E-state index is 12.1. The van der Waals surface area contributed by atoms with Crippen molar-refractivity contribution in [3.63, 3.8) is 0 Å². The molecule has 0 atom stereocenters. The number of halogens is 3. The highest BCUT2D eigenvalue weighted by Gasteiger charge is 2.20. The van der Waals surface area contributed by atoms with Gasteiger partial charge in [-0.15, -0.1) is 0 Å². The van der Waals surface area contributed by atoms with Crippen LogP contribution in [0.2, 0.25) is 10.0 Å². The number of nitrogens with zero attached hydrogens (tertiary/aromatic N) is 1. The van der Waals surface area contributed by atoms with E-state index in [9.17, 15) is 4.79 Å². The predicted molar refractivity (Wildman–Crippen MR) is 95.4 cm³/mol. The van der Waals surface area contributed by atoms with Crippen LogP contribution in [0, 0.1) is 0 Å². The van der Waals surface area contributed by atoms with Crippen molar-refractivity contribution in [3.05, 3.63) is 44.5 Å². The molecule has 2 aromatic rings. The van der Waals surface area contributed by atoms with Gasteiger partial charge >= 0.3 is 5.97 Å². The summed E-state index contributed by atoms with van der Waals surface area (Å²) in [5, 5.41) is 3.63. The van der Waals surface area contributed by atoms with Crippen molar-refractivity contribution in [2.45, 2.75) is 6.92 Å². The lowest BCUT2D eigenvalue weighted by Gasteiger charge is -2.16. The molecule has 0 spiro atoms. The maximum Gasteiger partial charge on any atom is 0.341 e. The summed E-state index contributed by atoms with van der Waals surface area (Å²) in [6.45, 7) is 1.94. The molecule has 1 aromatic heterocycles. The molecule has 1 heterocycles. The Labute approximate surface area is 151 Å². The molecule has 0 fully saturated rings. The molecule has 9 heteroatoms. The molecule has 4 N–H and O–H groups in total. The van der Waals surface area contributed by atoms with Crippen molar-refractivity contribution in [3.8, 4) is 0 Å². The second-order valence-electron chi connectivity index (χ2n) is 4.32. The van der Waals surface area contributed by atoms with Crippen LogP contribution in [0.25, 0.3) is 0 Å². The van der Waals surface area contributed by atoms with Gasteiger partial charge in [0, 0.05) is 10.7 Å². The number of ether oxygens (including phenoxy) is 1. The van der Waals surface area contributed by atoms with E-state index < -0.39 is 5.97 Å². The number of rotatable bonds is 5. The number of benzene rings is 1. The zero-order chi connectivity index (χ0) is 17.0. The van der Waals surface area contributed by atoms with E-state index in [4.69, 9.17) is 33.8 Å². The lowest BCUT2D eigenvalue weighted by molar-refractivity contribution is 0.0527. The second-order valence-corrected chi connectivity index (χ2v) is 6.02. The third kappa shape index (κ3) is 4.06. The Hall–Kier alpha value is -1.54. The minimum absolute atomic E-state index is 0.150. The van der Waals surface area contributed by atoms with Crippen molar-refractivity contribution in [1.82, 2.24) is 4.98 Å². The summed E-state index contributed by atoms with van der Waals surface area (Å²) in [5.74, 6) is 5.04. The fraction of sp³-hybridized carbons (Fsp3) is 0.143. The SMILES string of the molecule is CCOC(=O)c1cnc(NN)c(Cl)c1Nc1ccc(Br)cc1Cl. The highest BCUT2D eigenvalue weighted by Crippen LogP contribution is 2.36. The van der Waals surface area contributed by atoms with E-state index in [-0.39, 0.29) is 23.0 Å². The van der Waals surface area contributed by atoms with Crippen molar-refractivity contribution in [1.29, 1.82) is 0 Å². The minimum atomic E-state index is -0.554. The molecule has 122 valence electrons. The van der Waals surface area contributed by atoms with Crippen LogP contribution in [-0.4, -0.2) is 17.6 Å². The monoisotopic (exact) mass is 418 g/mol. The standard InChI is InChI=1S/C14H13BrCl2N4O2/c1-2-23-14(22)8-6-19-13(21-18)11(17)12(8)20-10-4-3-7(15)5-9(10)16/h3-6H,2,18H2,1H3,(H2,19,20,21). The first-order valence-electron chi connectivity index (χ1n) is 6.52. The lowest BCUT2D eigenvalue weighted by Crippen LogP contribution is -2.14. The molecule has 1 aromatic carbocycles. The molecule has 0 bridgehead atoms. The minimum Gasteiger partial charge on any atom is -0.462 e. The van der Waals surface area contributed by atoms with Crippen LogP contribution in [0.5, 0.6) is 0 Å². The molecular formula is C14H13BrCl2N4O2. The summed E-state index contributed by atoms with van der Waals surface area (Å²) in [4.78, 5) is 16.1. The number of nitrogens with one attached hydrogen (secondary N) is 2. The fourth-order valence-electron chi connectivity index (χ4n) is 1.80. The molecule has 0 unspecified atom stereocenters. The number of nitrogen functional groups attached to an aromatic ring is 1.